The number of hydrogen-bond donors (Lipinski definition) is 1. The van der Waals surface area contributed by atoms with Crippen LogP contribution in [-0.2, 0) is 4.79 Å². The summed E-state index contributed by atoms with van der Waals surface area (Å²) in [4.78, 5) is 14.2. The second kappa shape index (κ2) is 8.94. The van der Waals surface area contributed by atoms with Crippen molar-refractivity contribution in [2.75, 3.05) is 40.9 Å². The Kier molecular flexibility index (Phi) is 6.94. The number of piperidine rings is 1. The molecule has 5 nitrogen and oxygen atoms in total. The van der Waals surface area contributed by atoms with Crippen LogP contribution in [0.5, 0.6) is 11.5 Å². The molecule has 1 aromatic rings. The van der Waals surface area contributed by atoms with Crippen molar-refractivity contribution in [3.8, 4) is 11.5 Å². The van der Waals surface area contributed by atoms with Gasteiger partial charge < -0.3 is 19.7 Å². The topological polar surface area (TPSA) is 50.8 Å². The average Bonchev–Trinajstić information content (AvgIpc) is 2.60. The van der Waals surface area contributed by atoms with Gasteiger partial charge in [0.25, 0.3) is 0 Å². The Morgan fingerprint density at radius 2 is 2.04 bits per heavy atom. The normalized spacial score (nSPS) is 15.8. The minimum absolute atomic E-state index is 0.0313. The molecular weight excluding hydrogens is 328 g/mol. The zero-order valence-electron chi connectivity index (χ0n) is 14.5. The van der Waals surface area contributed by atoms with Crippen molar-refractivity contribution in [2.45, 2.75) is 12.8 Å². The quantitative estimate of drug-likeness (QED) is 0.800. The van der Waals surface area contributed by atoms with Crippen LogP contribution in [0, 0.1) is 5.92 Å². The van der Waals surface area contributed by atoms with E-state index < -0.39 is 0 Å². The molecule has 1 amide bonds. The lowest BCUT2D eigenvalue weighted by atomic mass is 9.97. The van der Waals surface area contributed by atoms with Crippen LogP contribution in [0.1, 0.15) is 18.4 Å². The van der Waals surface area contributed by atoms with Gasteiger partial charge in [0.05, 0.1) is 19.2 Å². The summed E-state index contributed by atoms with van der Waals surface area (Å²) in [6.07, 6.45) is 5.44. The van der Waals surface area contributed by atoms with E-state index in [1.165, 1.54) is 0 Å². The molecule has 0 aromatic heterocycles. The highest BCUT2D eigenvalue weighted by Crippen LogP contribution is 2.36. The molecule has 0 bridgehead atoms. The van der Waals surface area contributed by atoms with Gasteiger partial charge in [-0.3, -0.25) is 4.79 Å². The van der Waals surface area contributed by atoms with Crippen molar-refractivity contribution in [3.63, 3.8) is 0 Å². The molecule has 1 aliphatic heterocycles. The van der Waals surface area contributed by atoms with Crippen LogP contribution in [0.25, 0.3) is 6.08 Å². The number of amides is 1. The molecular formula is C18H25ClN2O3. The number of ether oxygens (including phenoxy) is 2. The number of methoxy groups -OCH3 is 2. The van der Waals surface area contributed by atoms with Crippen LogP contribution < -0.4 is 14.8 Å². The summed E-state index contributed by atoms with van der Waals surface area (Å²) in [6.45, 7) is 2.63. The first kappa shape index (κ1) is 18.6. The fourth-order valence-corrected chi connectivity index (χ4v) is 3.25. The van der Waals surface area contributed by atoms with E-state index in [0.717, 1.165) is 38.0 Å². The third kappa shape index (κ3) is 4.65. The zero-order chi connectivity index (χ0) is 17.5. The van der Waals surface area contributed by atoms with Gasteiger partial charge in [-0.25, -0.2) is 0 Å². The van der Waals surface area contributed by atoms with Crippen molar-refractivity contribution in [2.24, 2.45) is 5.92 Å². The molecule has 0 radical (unpaired) electrons. The minimum Gasteiger partial charge on any atom is -0.493 e. The molecule has 24 heavy (non-hydrogen) atoms. The van der Waals surface area contributed by atoms with Gasteiger partial charge in [0, 0.05) is 19.2 Å². The van der Waals surface area contributed by atoms with Crippen molar-refractivity contribution >= 4 is 23.6 Å². The highest BCUT2D eigenvalue weighted by molar-refractivity contribution is 6.32. The summed E-state index contributed by atoms with van der Waals surface area (Å²) in [5.74, 6) is 1.73. The summed E-state index contributed by atoms with van der Waals surface area (Å²) < 4.78 is 10.5. The van der Waals surface area contributed by atoms with E-state index in [4.69, 9.17) is 21.1 Å². The first-order valence-electron chi connectivity index (χ1n) is 8.12. The lowest BCUT2D eigenvalue weighted by Crippen LogP contribution is -2.39. The number of hydrogen-bond acceptors (Lipinski definition) is 4. The first-order valence-corrected chi connectivity index (χ1v) is 8.50. The van der Waals surface area contributed by atoms with E-state index in [1.807, 2.05) is 11.9 Å². The third-order valence-electron chi connectivity index (χ3n) is 4.29. The SMILES string of the molecule is CNCC1CCN(C(=O)C=Cc2cc(Cl)c(OC)c(OC)c2)CC1. The predicted octanol–water partition coefficient (Wildman–Crippen LogP) is 2.83. The molecule has 1 aromatic carbocycles. The van der Waals surface area contributed by atoms with Gasteiger partial charge in [-0.1, -0.05) is 11.6 Å². The standard InChI is InChI=1S/C18H25ClN2O3/c1-20-12-13-6-8-21(9-7-13)17(22)5-4-14-10-15(19)18(24-3)16(11-14)23-2/h4-5,10-11,13,20H,6-9,12H2,1-3H3. The average molecular weight is 353 g/mol. The van der Waals surface area contributed by atoms with Crippen LogP contribution in [-0.4, -0.2) is 51.7 Å². The predicted molar refractivity (Wildman–Crippen MR) is 96.8 cm³/mol. The molecule has 1 aliphatic rings. The first-order chi connectivity index (χ1) is 11.6. The van der Waals surface area contributed by atoms with E-state index in [0.29, 0.717) is 22.4 Å². The molecule has 1 N–H and O–H groups in total. The van der Waals surface area contributed by atoms with E-state index in [1.54, 1.807) is 38.5 Å². The van der Waals surface area contributed by atoms with Crippen molar-refractivity contribution in [1.29, 1.82) is 0 Å². The van der Waals surface area contributed by atoms with Crippen LogP contribution in [0.3, 0.4) is 0 Å². The second-order valence-corrected chi connectivity index (χ2v) is 6.31. The summed E-state index contributed by atoms with van der Waals surface area (Å²) >= 11 is 6.18. The largest absolute Gasteiger partial charge is 0.493 e. The van der Waals surface area contributed by atoms with E-state index in [9.17, 15) is 4.79 Å². The molecule has 132 valence electrons. The van der Waals surface area contributed by atoms with Gasteiger partial charge in [0.2, 0.25) is 5.91 Å². The molecule has 0 atom stereocenters. The monoisotopic (exact) mass is 352 g/mol. The van der Waals surface area contributed by atoms with Crippen molar-refractivity contribution in [3.05, 3.63) is 28.8 Å². The fourth-order valence-electron chi connectivity index (χ4n) is 2.95. The van der Waals surface area contributed by atoms with E-state index >= 15 is 0 Å². The maximum atomic E-state index is 12.3. The number of halogens is 1. The molecule has 0 aliphatic carbocycles. The number of nitrogens with zero attached hydrogens (tertiary/aromatic N) is 1. The fraction of sp³-hybridized carbons (Fsp3) is 0.500. The van der Waals surface area contributed by atoms with E-state index in [-0.39, 0.29) is 5.91 Å². The Labute approximate surface area is 148 Å². The molecule has 1 fully saturated rings. The smallest absolute Gasteiger partial charge is 0.246 e. The van der Waals surface area contributed by atoms with Crippen LogP contribution in [0.2, 0.25) is 5.02 Å². The lowest BCUT2D eigenvalue weighted by molar-refractivity contribution is -0.127. The number of likely N-dealkylation sites (tertiary alicyclic amines) is 1. The number of rotatable bonds is 6. The summed E-state index contributed by atoms with van der Waals surface area (Å²) in [5, 5.41) is 3.66. The number of carbonyl (C=O) groups is 1. The van der Waals surface area contributed by atoms with Gasteiger partial charge in [-0.05, 0) is 56.1 Å². The Bertz CT molecular complexity index is 596. The molecule has 0 spiro atoms. The molecule has 6 heteroatoms. The van der Waals surface area contributed by atoms with Gasteiger partial charge in [0.15, 0.2) is 11.5 Å². The summed E-state index contributed by atoms with van der Waals surface area (Å²) in [7, 11) is 5.07. The Balaban J connectivity index is 2.00. The third-order valence-corrected chi connectivity index (χ3v) is 4.57. The van der Waals surface area contributed by atoms with Crippen molar-refractivity contribution in [1.82, 2.24) is 10.2 Å². The lowest BCUT2D eigenvalue weighted by Gasteiger charge is -2.31. The van der Waals surface area contributed by atoms with Gasteiger partial charge >= 0.3 is 0 Å². The van der Waals surface area contributed by atoms with Crippen LogP contribution >= 0.6 is 11.6 Å². The Morgan fingerprint density at radius 1 is 1.33 bits per heavy atom. The van der Waals surface area contributed by atoms with Gasteiger partial charge in [-0.15, -0.1) is 0 Å². The van der Waals surface area contributed by atoms with Crippen LogP contribution in [0.15, 0.2) is 18.2 Å². The van der Waals surface area contributed by atoms with Crippen LogP contribution in [0.4, 0.5) is 0 Å². The second-order valence-electron chi connectivity index (χ2n) is 5.90. The van der Waals surface area contributed by atoms with Gasteiger partial charge in [0.1, 0.15) is 0 Å². The van der Waals surface area contributed by atoms with Crippen molar-refractivity contribution < 1.29 is 14.3 Å². The zero-order valence-corrected chi connectivity index (χ0v) is 15.2. The number of benzene rings is 1. The molecule has 1 saturated heterocycles. The number of carbonyl (C=O) groups excluding carboxylic acids is 1. The van der Waals surface area contributed by atoms with E-state index in [2.05, 4.69) is 5.32 Å². The Hall–Kier alpha value is -1.72. The van der Waals surface area contributed by atoms with Gasteiger partial charge in [-0.2, -0.15) is 0 Å². The maximum absolute atomic E-state index is 12.3. The minimum atomic E-state index is 0.0313. The molecule has 0 saturated carbocycles. The highest BCUT2D eigenvalue weighted by Gasteiger charge is 2.20. The molecule has 2 rings (SSSR count). The summed E-state index contributed by atoms with van der Waals surface area (Å²) in [5.41, 5.74) is 0.802. The summed E-state index contributed by atoms with van der Waals surface area (Å²) in [6, 6.07) is 3.56. The molecule has 1 heterocycles. The number of nitrogens with one attached hydrogen (secondary N) is 1. The molecule has 0 unspecified atom stereocenters. The highest BCUT2D eigenvalue weighted by atomic mass is 35.5. The Morgan fingerprint density at radius 3 is 2.62 bits per heavy atom. The maximum Gasteiger partial charge on any atom is 0.246 e.